The Bertz CT molecular complexity index is 280. The van der Waals surface area contributed by atoms with Crippen LogP contribution in [-0.2, 0) is 0 Å². The van der Waals surface area contributed by atoms with Crippen molar-refractivity contribution in [2.45, 2.75) is 0 Å². The van der Waals surface area contributed by atoms with Crippen molar-refractivity contribution in [2.75, 3.05) is 29.6 Å². The van der Waals surface area contributed by atoms with Crippen LogP contribution in [-0.4, -0.2) is 23.5 Å². The van der Waals surface area contributed by atoms with Crippen molar-refractivity contribution in [3.05, 3.63) is 16.7 Å². The molecule has 3 nitrogen and oxygen atoms in total. The van der Waals surface area contributed by atoms with Gasteiger partial charge >= 0.3 is 0 Å². The summed E-state index contributed by atoms with van der Waals surface area (Å²) < 4.78 is 0.911. The first-order valence-corrected chi connectivity index (χ1v) is 6.06. The van der Waals surface area contributed by atoms with Gasteiger partial charge in [0, 0.05) is 12.3 Å². The summed E-state index contributed by atoms with van der Waals surface area (Å²) in [5.74, 6) is 1.92. The minimum atomic E-state index is 0.669. The van der Waals surface area contributed by atoms with E-state index >= 15 is 0 Å². The molecular formula is C8H12BrN3S. The largest absolute Gasteiger partial charge is 0.397 e. The fraction of sp³-hybridized carbons (Fsp3) is 0.375. The van der Waals surface area contributed by atoms with Gasteiger partial charge in [0.05, 0.1) is 16.4 Å². The summed E-state index contributed by atoms with van der Waals surface area (Å²) in [5, 5.41) is 3.21. The van der Waals surface area contributed by atoms with Crippen LogP contribution in [0.25, 0.3) is 0 Å². The van der Waals surface area contributed by atoms with Crippen LogP contribution in [0.5, 0.6) is 0 Å². The first kappa shape index (κ1) is 10.7. The van der Waals surface area contributed by atoms with Gasteiger partial charge in [-0.15, -0.1) is 0 Å². The van der Waals surface area contributed by atoms with E-state index in [1.807, 2.05) is 6.07 Å². The van der Waals surface area contributed by atoms with Crippen LogP contribution < -0.4 is 11.1 Å². The minimum absolute atomic E-state index is 0.669. The van der Waals surface area contributed by atoms with Gasteiger partial charge in [0.2, 0.25) is 0 Å². The van der Waals surface area contributed by atoms with Crippen molar-refractivity contribution in [3.8, 4) is 0 Å². The number of nitrogens with two attached hydrogens (primary N) is 1. The van der Waals surface area contributed by atoms with Gasteiger partial charge in [-0.05, 0) is 28.3 Å². The molecule has 0 saturated carbocycles. The maximum atomic E-state index is 5.56. The average Bonchev–Trinajstić information content (AvgIpc) is 2.09. The van der Waals surface area contributed by atoms with Gasteiger partial charge in [-0.3, -0.25) is 0 Å². The van der Waals surface area contributed by atoms with Crippen molar-refractivity contribution >= 4 is 39.2 Å². The Morgan fingerprint density at radius 3 is 3.08 bits per heavy atom. The van der Waals surface area contributed by atoms with Gasteiger partial charge in [-0.2, -0.15) is 11.8 Å². The normalized spacial score (nSPS) is 10.0. The number of hydrogen-bond donors (Lipinski definition) is 2. The number of anilines is 2. The Hall–Kier alpha value is -0.420. The average molecular weight is 262 g/mol. The van der Waals surface area contributed by atoms with Crippen molar-refractivity contribution in [1.29, 1.82) is 0 Å². The molecule has 0 spiro atoms. The summed E-state index contributed by atoms with van der Waals surface area (Å²) in [4.78, 5) is 4.16. The molecule has 0 aromatic carbocycles. The van der Waals surface area contributed by atoms with Gasteiger partial charge in [-0.1, -0.05) is 0 Å². The van der Waals surface area contributed by atoms with Crippen LogP contribution in [0.15, 0.2) is 16.7 Å². The van der Waals surface area contributed by atoms with Crippen LogP contribution >= 0.6 is 27.7 Å². The minimum Gasteiger partial charge on any atom is -0.397 e. The Kier molecular flexibility index (Phi) is 4.38. The van der Waals surface area contributed by atoms with E-state index in [1.165, 1.54) is 0 Å². The number of thioether (sulfide) groups is 1. The summed E-state index contributed by atoms with van der Waals surface area (Å²) in [6, 6.07) is 1.84. The number of hydrogen-bond acceptors (Lipinski definition) is 4. The van der Waals surface area contributed by atoms with E-state index < -0.39 is 0 Å². The predicted octanol–water partition coefficient (Wildman–Crippen LogP) is 2.20. The van der Waals surface area contributed by atoms with E-state index in [-0.39, 0.29) is 0 Å². The summed E-state index contributed by atoms with van der Waals surface area (Å²) in [6.07, 6.45) is 3.72. The summed E-state index contributed by atoms with van der Waals surface area (Å²) in [6.45, 7) is 0.913. The lowest BCUT2D eigenvalue weighted by Gasteiger charge is -2.06. The third-order valence-corrected chi connectivity index (χ3v) is 2.68. The highest BCUT2D eigenvalue weighted by Crippen LogP contribution is 2.21. The first-order chi connectivity index (χ1) is 6.24. The van der Waals surface area contributed by atoms with Gasteiger partial charge < -0.3 is 11.1 Å². The highest BCUT2D eigenvalue weighted by molar-refractivity contribution is 9.10. The van der Waals surface area contributed by atoms with Gasteiger partial charge in [0.1, 0.15) is 5.82 Å². The SMILES string of the molecule is CSCCNc1ncc(N)cc1Br. The molecule has 72 valence electrons. The molecule has 5 heteroatoms. The fourth-order valence-corrected chi connectivity index (χ4v) is 1.67. The molecule has 0 unspecified atom stereocenters. The second-order valence-corrected chi connectivity index (χ2v) is 4.36. The highest BCUT2D eigenvalue weighted by atomic mass is 79.9. The number of rotatable bonds is 4. The Balaban J connectivity index is 2.56. The summed E-state index contributed by atoms with van der Waals surface area (Å²) >= 11 is 5.19. The fourth-order valence-electron chi connectivity index (χ4n) is 0.854. The lowest BCUT2D eigenvalue weighted by atomic mass is 10.4. The molecule has 13 heavy (non-hydrogen) atoms. The maximum absolute atomic E-state index is 5.56. The second kappa shape index (κ2) is 5.34. The standard InChI is InChI=1S/C8H12BrN3S/c1-13-3-2-11-8-7(9)4-6(10)5-12-8/h4-5H,2-3,10H2,1H3,(H,11,12). The smallest absolute Gasteiger partial charge is 0.140 e. The zero-order valence-electron chi connectivity index (χ0n) is 7.38. The first-order valence-electron chi connectivity index (χ1n) is 3.88. The van der Waals surface area contributed by atoms with E-state index in [4.69, 9.17) is 5.73 Å². The number of aromatic nitrogens is 1. The lowest BCUT2D eigenvalue weighted by Crippen LogP contribution is -2.06. The molecule has 0 aliphatic heterocycles. The number of pyridine rings is 1. The molecule has 1 aromatic heterocycles. The Morgan fingerprint density at radius 1 is 1.69 bits per heavy atom. The van der Waals surface area contributed by atoms with Crippen molar-refractivity contribution in [1.82, 2.24) is 4.98 Å². The van der Waals surface area contributed by atoms with Gasteiger partial charge in [0.25, 0.3) is 0 Å². The van der Waals surface area contributed by atoms with E-state index in [0.717, 1.165) is 22.6 Å². The third-order valence-electron chi connectivity index (χ3n) is 1.46. The zero-order chi connectivity index (χ0) is 9.68. The molecule has 0 atom stereocenters. The lowest BCUT2D eigenvalue weighted by molar-refractivity contribution is 1.16. The molecule has 3 N–H and O–H groups in total. The number of nitrogens with zero attached hydrogens (tertiary/aromatic N) is 1. The Labute approximate surface area is 90.6 Å². The molecule has 0 amide bonds. The van der Waals surface area contributed by atoms with Crippen molar-refractivity contribution in [2.24, 2.45) is 0 Å². The predicted molar refractivity (Wildman–Crippen MR) is 63.2 cm³/mol. The van der Waals surface area contributed by atoms with E-state index in [0.29, 0.717) is 5.69 Å². The van der Waals surface area contributed by atoms with E-state index in [1.54, 1.807) is 18.0 Å². The molecule has 0 fully saturated rings. The quantitative estimate of drug-likeness (QED) is 0.817. The van der Waals surface area contributed by atoms with Crippen LogP contribution in [0.3, 0.4) is 0 Å². The molecule has 0 saturated heterocycles. The van der Waals surface area contributed by atoms with Crippen LogP contribution in [0.4, 0.5) is 11.5 Å². The molecule has 0 radical (unpaired) electrons. The topological polar surface area (TPSA) is 50.9 Å². The molecule has 0 bridgehead atoms. The molecular weight excluding hydrogens is 250 g/mol. The number of nitrogen functional groups attached to an aromatic ring is 1. The van der Waals surface area contributed by atoms with E-state index in [9.17, 15) is 0 Å². The van der Waals surface area contributed by atoms with Crippen molar-refractivity contribution in [3.63, 3.8) is 0 Å². The van der Waals surface area contributed by atoms with Gasteiger partial charge in [0.15, 0.2) is 0 Å². The zero-order valence-corrected chi connectivity index (χ0v) is 9.78. The molecule has 0 aliphatic carbocycles. The molecule has 1 heterocycles. The third kappa shape index (κ3) is 3.44. The summed E-state index contributed by atoms with van der Waals surface area (Å²) in [5.41, 5.74) is 6.23. The second-order valence-electron chi connectivity index (χ2n) is 2.52. The molecule has 0 aliphatic rings. The maximum Gasteiger partial charge on any atom is 0.140 e. The summed E-state index contributed by atoms with van der Waals surface area (Å²) in [7, 11) is 0. The van der Waals surface area contributed by atoms with Crippen LogP contribution in [0.1, 0.15) is 0 Å². The number of nitrogens with one attached hydrogen (secondary N) is 1. The monoisotopic (exact) mass is 261 g/mol. The van der Waals surface area contributed by atoms with Crippen LogP contribution in [0.2, 0.25) is 0 Å². The number of halogens is 1. The van der Waals surface area contributed by atoms with E-state index in [2.05, 4.69) is 32.5 Å². The Morgan fingerprint density at radius 2 is 2.46 bits per heavy atom. The van der Waals surface area contributed by atoms with Crippen molar-refractivity contribution < 1.29 is 0 Å². The highest BCUT2D eigenvalue weighted by Gasteiger charge is 1.99. The van der Waals surface area contributed by atoms with Crippen LogP contribution in [0, 0.1) is 0 Å². The van der Waals surface area contributed by atoms with Gasteiger partial charge in [-0.25, -0.2) is 4.98 Å². The molecule has 1 rings (SSSR count). The molecule has 1 aromatic rings.